The highest BCUT2D eigenvalue weighted by Gasteiger charge is 2.01. The van der Waals surface area contributed by atoms with E-state index in [9.17, 15) is 0 Å². The molecule has 1 aromatic rings. The number of nitrogens with one attached hydrogen (secondary N) is 1. The van der Waals surface area contributed by atoms with E-state index < -0.39 is 0 Å². The molecule has 0 aliphatic carbocycles. The van der Waals surface area contributed by atoms with E-state index in [4.69, 9.17) is 12.2 Å². The average molecular weight is 219 g/mol. The SMILES string of the molecule is CCCC(C)Nc1cc(=S)ss1. The van der Waals surface area contributed by atoms with Gasteiger partial charge in [0.25, 0.3) is 0 Å². The number of hydrogen-bond acceptors (Lipinski definition) is 4. The summed E-state index contributed by atoms with van der Waals surface area (Å²) in [4.78, 5) is 0. The molecule has 0 aromatic carbocycles. The normalized spacial score (nSPS) is 12.8. The van der Waals surface area contributed by atoms with Crippen molar-refractivity contribution in [2.24, 2.45) is 0 Å². The molecule has 68 valence electrons. The minimum absolute atomic E-state index is 0.565. The van der Waals surface area contributed by atoms with E-state index in [0.29, 0.717) is 6.04 Å². The van der Waals surface area contributed by atoms with Crippen LogP contribution < -0.4 is 5.32 Å². The van der Waals surface area contributed by atoms with Crippen LogP contribution in [0, 0.1) is 3.82 Å². The zero-order valence-corrected chi connectivity index (χ0v) is 9.74. The molecule has 0 spiro atoms. The van der Waals surface area contributed by atoms with Crippen molar-refractivity contribution >= 4 is 37.9 Å². The van der Waals surface area contributed by atoms with E-state index in [1.807, 2.05) is 6.07 Å². The van der Waals surface area contributed by atoms with Crippen LogP contribution in [0.4, 0.5) is 5.00 Å². The molecule has 0 aliphatic heterocycles. The summed E-state index contributed by atoms with van der Waals surface area (Å²) in [6.07, 6.45) is 2.44. The Morgan fingerprint density at radius 2 is 2.33 bits per heavy atom. The maximum absolute atomic E-state index is 5.04. The van der Waals surface area contributed by atoms with Crippen molar-refractivity contribution in [3.63, 3.8) is 0 Å². The Hall–Kier alpha value is 0.0700. The van der Waals surface area contributed by atoms with Crippen LogP contribution in [0.2, 0.25) is 0 Å². The van der Waals surface area contributed by atoms with Crippen molar-refractivity contribution in [3.05, 3.63) is 9.89 Å². The Kier molecular flexibility index (Phi) is 4.18. The zero-order valence-electron chi connectivity index (χ0n) is 7.29. The van der Waals surface area contributed by atoms with Gasteiger partial charge in [0.1, 0.15) is 8.82 Å². The molecule has 0 fully saturated rings. The summed E-state index contributed by atoms with van der Waals surface area (Å²) >= 11 is 5.04. The molecule has 1 N–H and O–H groups in total. The molecule has 1 rings (SSSR count). The number of rotatable bonds is 4. The quantitative estimate of drug-likeness (QED) is 0.603. The lowest BCUT2D eigenvalue weighted by Crippen LogP contribution is -2.13. The van der Waals surface area contributed by atoms with Gasteiger partial charge in [0, 0.05) is 12.1 Å². The Balaban J connectivity index is 2.46. The summed E-state index contributed by atoms with van der Waals surface area (Å²) < 4.78 is 0.978. The summed E-state index contributed by atoms with van der Waals surface area (Å²) in [6.45, 7) is 4.41. The van der Waals surface area contributed by atoms with Crippen LogP contribution in [-0.4, -0.2) is 6.04 Å². The number of anilines is 1. The first-order valence-corrected chi connectivity index (χ1v) is 6.65. The first-order valence-electron chi connectivity index (χ1n) is 4.09. The second-order valence-electron chi connectivity index (χ2n) is 2.83. The molecule has 1 aromatic heterocycles. The summed E-state index contributed by atoms with van der Waals surface area (Å²) in [5.41, 5.74) is 0. The fourth-order valence-corrected chi connectivity index (χ4v) is 3.33. The van der Waals surface area contributed by atoms with Crippen molar-refractivity contribution in [1.82, 2.24) is 0 Å². The van der Waals surface area contributed by atoms with Gasteiger partial charge in [-0.2, -0.15) is 0 Å². The van der Waals surface area contributed by atoms with Gasteiger partial charge in [0.2, 0.25) is 0 Å². The standard InChI is InChI=1S/C8H13NS3/c1-3-4-6(2)9-7-5-8(10)12-11-7/h5-6,9H,3-4H2,1-2H3. The summed E-state index contributed by atoms with van der Waals surface area (Å²) in [6, 6.07) is 2.60. The second-order valence-corrected chi connectivity index (χ2v) is 5.74. The van der Waals surface area contributed by atoms with Crippen molar-refractivity contribution in [2.75, 3.05) is 5.32 Å². The molecule has 0 amide bonds. The molecule has 12 heavy (non-hydrogen) atoms. The monoisotopic (exact) mass is 219 g/mol. The molecule has 1 nitrogen and oxygen atoms in total. The van der Waals surface area contributed by atoms with E-state index in [-0.39, 0.29) is 0 Å². The predicted octanol–water partition coefficient (Wildman–Crippen LogP) is 4.14. The lowest BCUT2D eigenvalue weighted by Gasteiger charge is -2.10. The van der Waals surface area contributed by atoms with Gasteiger partial charge in [-0.15, -0.1) is 0 Å². The highest BCUT2D eigenvalue weighted by atomic mass is 32.9. The van der Waals surface area contributed by atoms with Crippen molar-refractivity contribution < 1.29 is 0 Å². The van der Waals surface area contributed by atoms with Crippen LogP contribution in [-0.2, 0) is 0 Å². The van der Waals surface area contributed by atoms with E-state index in [1.54, 1.807) is 20.7 Å². The average Bonchev–Trinajstić information content (AvgIpc) is 2.36. The van der Waals surface area contributed by atoms with Gasteiger partial charge >= 0.3 is 0 Å². The molecule has 0 saturated heterocycles. The first-order chi connectivity index (χ1) is 5.72. The Morgan fingerprint density at radius 1 is 1.58 bits per heavy atom. The molecule has 1 heterocycles. The van der Waals surface area contributed by atoms with Gasteiger partial charge in [-0.1, -0.05) is 46.2 Å². The third-order valence-corrected chi connectivity index (χ3v) is 4.37. The van der Waals surface area contributed by atoms with Gasteiger partial charge in [-0.05, 0) is 13.3 Å². The van der Waals surface area contributed by atoms with Crippen molar-refractivity contribution in [2.45, 2.75) is 32.7 Å². The summed E-state index contributed by atoms with van der Waals surface area (Å²) in [7, 11) is 3.39. The highest BCUT2D eigenvalue weighted by Crippen LogP contribution is 2.24. The molecule has 0 saturated carbocycles. The van der Waals surface area contributed by atoms with Crippen LogP contribution in [0.5, 0.6) is 0 Å². The van der Waals surface area contributed by atoms with Crippen LogP contribution in [0.25, 0.3) is 0 Å². The Labute approximate surface area is 85.8 Å². The molecule has 0 bridgehead atoms. The molecule has 1 atom stereocenters. The fourth-order valence-electron chi connectivity index (χ4n) is 1.05. The van der Waals surface area contributed by atoms with Gasteiger partial charge in [-0.3, -0.25) is 0 Å². The summed E-state index contributed by atoms with van der Waals surface area (Å²) in [5, 5.41) is 4.64. The van der Waals surface area contributed by atoms with E-state index >= 15 is 0 Å². The molecular weight excluding hydrogens is 206 g/mol. The minimum Gasteiger partial charge on any atom is -0.374 e. The lowest BCUT2D eigenvalue weighted by molar-refractivity contribution is 0.692. The van der Waals surface area contributed by atoms with E-state index in [0.717, 1.165) is 3.82 Å². The third-order valence-electron chi connectivity index (χ3n) is 1.57. The van der Waals surface area contributed by atoms with Gasteiger partial charge in [0.05, 0.1) is 0 Å². The molecular formula is C8H13NS3. The van der Waals surface area contributed by atoms with Gasteiger partial charge in [0.15, 0.2) is 0 Å². The van der Waals surface area contributed by atoms with Crippen LogP contribution in [0.15, 0.2) is 6.07 Å². The lowest BCUT2D eigenvalue weighted by atomic mass is 10.2. The third kappa shape index (κ3) is 3.21. The largest absolute Gasteiger partial charge is 0.374 e. The maximum Gasteiger partial charge on any atom is 0.104 e. The Bertz CT molecular complexity index is 276. The predicted molar refractivity (Wildman–Crippen MR) is 61.0 cm³/mol. The zero-order chi connectivity index (χ0) is 8.97. The second kappa shape index (κ2) is 4.94. The van der Waals surface area contributed by atoms with Crippen molar-refractivity contribution in [3.8, 4) is 0 Å². The fraction of sp³-hybridized carbons (Fsp3) is 0.625. The van der Waals surface area contributed by atoms with Crippen LogP contribution in [0.3, 0.4) is 0 Å². The molecule has 1 unspecified atom stereocenters. The molecule has 0 radical (unpaired) electrons. The molecule has 4 heteroatoms. The van der Waals surface area contributed by atoms with Crippen molar-refractivity contribution in [1.29, 1.82) is 0 Å². The van der Waals surface area contributed by atoms with Crippen LogP contribution >= 0.6 is 32.9 Å². The Morgan fingerprint density at radius 3 is 2.83 bits per heavy atom. The van der Waals surface area contributed by atoms with Gasteiger partial charge in [-0.25, -0.2) is 0 Å². The van der Waals surface area contributed by atoms with E-state index in [2.05, 4.69) is 19.2 Å². The number of hydrogen-bond donors (Lipinski definition) is 1. The topological polar surface area (TPSA) is 12.0 Å². The maximum atomic E-state index is 5.04. The van der Waals surface area contributed by atoms with Crippen LogP contribution in [0.1, 0.15) is 26.7 Å². The van der Waals surface area contributed by atoms with Gasteiger partial charge < -0.3 is 5.32 Å². The summed E-state index contributed by atoms with van der Waals surface area (Å²) in [5.74, 6) is 0. The molecule has 0 aliphatic rings. The minimum atomic E-state index is 0.565. The van der Waals surface area contributed by atoms with E-state index in [1.165, 1.54) is 17.8 Å². The highest BCUT2D eigenvalue weighted by molar-refractivity contribution is 7.80. The smallest absolute Gasteiger partial charge is 0.104 e. The first kappa shape index (κ1) is 10.2.